The Morgan fingerprint density at radius 3 is 3.00 bits per heavy atom. The summed E-state index contributed by atoms with van der Waals surface area (Å²) in [5, 5.41) is 3.40. The Bertz CT molecular complexity index is 205. The fourth-order valence-electron chi connectivity index (χ4n) is 2.34. The van der Waals surface area contributed by atoms with Crippen molar-refractivity contribution in [3.05, 3.63) is 0 Å². The van der Waals surface area contributed by atoms with Crippen LogP contribution in [-0.2, 0) is 4.79 Å². The first-order chi connectivity index (χ1) is 6.31. The normalized spacial score (nSPS) is 31.3. The minimum absolute atomic E-state index is 0.371. The zero-order valence-corrected chi connectivity index (χ0v) is 8.25. The lowest BCUT2D eigenvalue weighted by Crippen LogP contribution is -2.46. The quantitative estimate of drug-likeness (QED) is 0.698. The molecule has 1 amide bonds. The summed E-state index contributed by atoms with van der Waals surface area (Å²) in [5.41, 5.74) is 0. The Kier molecular flexibility index (Phi) is 2.54. The van der Waals surface area contributed by atoms with Crippen molar-refractivity contribution in [1.29, 1.82) is 0 Å². The van der Waals surface area contributed by atoms with E-state index in [0.29, 0.717) is 18.0 Å². The zero-order valence-electron chi connectivity index (χ0n) is 8.25. The summed E-state index contributed by atoms with van der Waals surface area (Å²) in [6.07, 6.45) is 4.09. The molecular formula is C10H18N2O. The molecule has 2 bridgehead atoms. The molecule has 74 valence electrons. The van der Waals surface area contributed by atoms with E-state index in [0.717, 1.165) is 32.4 Å². The van der Waals surface area contributed by atoms with Crippen LogP contribution in [0.4, 0.5) is 0 Å². The molecule has 0 aromatic rings. The molecule has 0 spiro atoms. The van der Waals surface area contributed by atoms with E-state index in [1.54, 1.807) is 0 Å². The van der Waals surface area contributed by atoms with Gasteiger partial charge in [-0.1, -0.05) is 13.3 Å². The van der Waals surface area contributed by atoms with Crippen molar-refractivity contribution >= 4 is 5.91 Å². The van der Waals surface area contributed by atoms with Crippen LogP contribution in [0, 0.1) is 0 Å². The highest BCUT2D eigenvalue weighted by Gasteiger charge is 2.39. The van der Waals surface area contributed by atoms with Gasteiger partial charge in [0.1, 0.15) is 0 Å². The molecule has 0 aromatic carbocycles. The topological polar surface area (TPSA) is 32.3 Å². The zero-order chi connectivity index (χ0) is 9.26. The summed E-state index contributed by atoms with van der Waals surface area (Å²) in [6, 6.07) is 1.10. The molecule has 2 fully saturated rings. The van der Waals surface area contributed by atoms with Gasteiger partial charge in [-0.25, -0.2) is 0 Å². The lowest BCUT2D eigenvalue weighted by molar-refractivity contribution is -0.132. The number of nitrogens with zero attached hydrogens (tertiary/aromatic N) is 1. The first kappa shape index (κ1) is 9.00. The van der Waals surface area contributed by atoms with Crippen molar-refractivity contribution in [2.45, 2.75) is 44.7 Å². The van der Waals surface area contributed by atoms with E-state index in [-0.39, 0.29) is 0 Å². The predicted molar refractivity (Wildman–Crippen MR) is 51.4 cm³/mol. The maximum absolute atomic E-state index is 11.7. The van der Waals surface area contributed by atoms with E-state index >= 15 is 0 Å². The number of carbonyl (C=O) groups is 1. The number of carbonyl (C=O) groups excluding carboxylic acids is 1. The van der Waals surface area contributed by atoms with Crippen molar-refractivity contribution in [2.75, 3.05) is 13.1 Å². The Morgan fingerprint density at radius 1 is 1.62 bits per heavy atom. The number of piperazine rings is 1. The summed E-state index contributed by atoms with van der Waals surface area (Å²) in [5.74, 6) is 0.371. The molecule has 0 radical (unpaired) electrons. The molecule has 2 atom stereocenters. The predicted octanol–water partition coefficient (Wildman–Crippen LogP) is 0.749. The third kappa shape index (κ3) is 1.70. The van der Waals surface area contributed by atoms with Gasteiger partial charge in [0.2, 0.25) is 5.91 Å². The van der Waals surface area contributed by atoms with Crippen LogP contribution >= 0.6 is 0 Å². The van der Waals surface area contributed by atoms with Crippen LogP contribution in [0.15, 0.2) is 0 Å². The maximum atomic E-state index is 11.7. The van der Waals surface area contributed by atoms with E-state index in [9.17, 15) is 4.79 Å². The molecule has 0 saturated carbocycles. The smallest absolute Gasteiger partial charge is 0.222 e. The molecule has 2 rings (SSSR count). The highest BCUT2D eigenvalue weighted by atomic mass is 16.2. The van der Waals surface area contributed by atoms with E-state index in [4.69, 9.17) is 0 Å². The van der Waals surface area contributed by atoms with Gasteiger partial charge in [0.15, 0.2) is 0 Å². The molecule has 2 saturated heterocycles. The molecule has 1 N–H and O–H groups in total. The second kappa shape index (κ2) is 3.66. The third-order valence-corrected chi connectivity index (χ3v) is 3.12. The van der Waals surface area contributed by atoms with Gasteiger partial charge in [0.25, 0.3) is 0 Å². The largest absolute Gasteiger partial charge is 0.337 e. The fourth-order valence-corrected chi connectivity index (χ4v) is 2.34. The molecule has 2 heterocycles. The average Bonchev–Trinajstić information content (AvgIpc) is 2.74. The monoisotopic (exact) mass is 182 g/mol. The van der Waals surface area contributed by atoms with E-state index in [2.05, 4.69) is 17.1 Å². The van der Waals surface area contributed by atoms with Crippen LogP contribution < -0.4 is 5.32 Å². The van der Waals surface area contributed by atoms with Crippen molar-refractivity contribution < 1.29 is 4.79 Å². The summed E-state index contributed by atoms with van der Waals surface area (Å²) in [7, 11) is 0. The molecule has 2 aliphatic rings. The number of rotatable bonds is 3. The molecule has 0 aromatic heterocycles. The Labute approximate surface area is 79.5 Å². The number of likely N-dealkylation sites (tertiary alicyclic amines) is 1. The van der Waals surface area contributed by atoms with Gasteiger partial charge in [-0.3, -0.25) is 4.79 Å². The molecule has 2 aliphatic heterocycles. The standard InChI is InChI=1S/C10H18N2O/c1-2-3-4-10(13)12-7-8-5-9(12)6-11-8/h8-9,11H,2-7H2,1H3/t8-,9-/m0/s1. The SMILES string of the molecule is CCCCC(=O)N1C[C@@H]2C[C@H]1CN2. The molecule has 13 heavy (non-hydrogen) atoms. The van der Waals surface area contributed by atoms with Gasteiger partial charge in [-0.15, -0.1) is 0 Å². The van der Waals surface area contributed by atoms with Crippen LogP contribution in [0.5, 0.6) is 0 Å². The van der Waals surface area contributed by atoms with Crippen LogP contribution in [0.1, 0.15) is 32.6 Å². The van der Waals surface area contributed by atoms with Gasteiger partial charge < -0.3 is 10.2 Å². The number of nitrogens with one attached hydrogen (secondary N) is 1. The number of unbranched alkanes of at least 4 members (excludes halogenated alkanes) is 1. The molecule has 0 aliphatic carbocycles. The van der Waals surface area contributed by atoms with Crippen LogP contribution in [0.2, 0.25) is 0 Å². The van der Waals surface area contributed by atoms with Crippen molar-refractivity contribution in [3.63, 3.8) is 0 Å². The average molecular weight is 182 g/mol. The second-order valence-corrected chi connectivity index (χ2v) is 4.14. The number of amides is 1. The Hall–Kier alpha value is -0.570. The van der Waals surface area contributed by atoms with Crippen LogP contribution in [0.3, 0.4) is 0 Å². The maximum Gasteiger partial charge on any atom is 0.222 e. The first-order valence-corrected chi connectivity index (χ1v) is 5.34. The summed E-state index contributed by atoms with van der Waals surface area (Å²) >= 11 is 0. The highest BCUT2D eigenvalue weighted by molar-refractivity contribution is 5.77. The minimum Gasteiger partial charge on any atom is -0.337 e. The molecule has 3 nitrogen and oxygen atoms in total. The fraction of sp³-hybridized carbons (Fsp3) is 0.900. The van der Waals surface area contributed by atoms with E-state index in [1.807, 2.05) is 0 Å². The van der Waals surface area contributed by atoms with Gasteiger partial charge in [-0.05, 0) is 12.8 Å². The first-order valence-electron chi connectivity index (χ1n) is 5.34. The number of hydrogen-bond acceptors (Lipinski definition) is 2. The van der Waals surface area contributed by atoms with Crippen molar-refractivity contribution in [3.8, 4) is 0 Å². The summed E-state index contributed by atoms with van der Waals surface area (Å²) in [4.78, 5) is 13.8. The minimum atomic E-state index is 0.371. The molecule has 0 unspecified atom stereocenters. The third-order valence-electron chi connectivity index (χ3n) is 3.12. The van der Waals surface area contributed by atoms with Crippen LogP contribution in [-0.4, -0.2) is 36.0 Å². The lowest BCUT2D eigenvalue weighted by Gasteiger charge is -2.27. The van der Waals surface area contributed by atoms with Crippen molar-refractivity contribution in [2.24, 2.45) is 0 Å². The van der Waals surface area contributed by atoms with Gasteiger partial charge in [0, 0.05) is 31.6 Å². The van der Waals surface area contributed by atoms with Gasteiger partial charge in [-0.2, -0.15) is 0 Å². The lowest BCUT2D eigenvalue weighted by atomic mass is 10.2. The second-order valence-electron chi connectivity index (χ2n) is 4.14. The van der Waals surface area contributed by atoms with Gasteiger partial charge in [0.05, 0.1) is 0 Å². The Morgan fingerprint density at radius 2 is 2.46 bits per heavy atom. The highest BCUT2D eigenvalue weighted by Crippen LogP contribution is 2.24. The molecular weight excluding hydrogens is 164 g/mol. The summed E-state index contributed by atoms with van der Waals surface area (Å²) in [6.45, 7) is 4.10. The van der Waals surface area contributed by atoms with Crippen LogP contribution in [0.25, 0.3) is 0 Å². The van der Waals surface area contributed by atoms with E-state index < -0.39 is 0 Å². The van der Waals surface area contributed by atoms with Gasteiger partial charge >= 0.3 is 0 Å². The molecule has 3 heteroatoms. The summed E-state index contributed by atoms with van der Waals surface area (Å²) < 4.78 is 0. The number of hydrogen-bond donors (Lipinski definition) is 1. The Balaban J connectivity index is 1.84. The number of fused-ring (bicyclic) bond motifs is 2. The van der Waals surface area contributed by atoms with Crippen molar-refractivity contribution in [1.82, 2.24) is 10.2 Å². The van der Waals surface area contributed by atoms with E-state index in [1.165, 1.54) is 6.42 Å².